The molecule has 0 aliphatic heterocycles. The Bertz CT molecular complexity index is 154. The molecule has 20 valence electrons. The highest BCUT2D eigenvalue weighted by molar-refractivity contribution is 4.65. The van der Waals surface area contributed by atoms with Crippen molar-refractivity contribution in [2.24, 2.45) is 0 Å². The van der Waals surface area contributed by atoms with Gasteiger partial charge in [0.05, 0.1) is 0 Å². The highest BCUT2D eigenvalue weighted by Crippen LogP contribution is 2.13. The second kappa shape index (κ2) is 0.0253. The van der Waals surface area contributed by atoms with Crippen LogP contribution < -0.4 is 0 Å². The minimum atomic E-state index is 2.00. The molecule has 4 nitrogen and oxygen atoms in total. The summed E-state index contributed by atoms with van der Waals surface area (Å²) < 4.78 is 8.00. The van der Waals surface area contributed by atoms with Crippen molar-refractivity contribution in [2.45, 2.75) is 0 Å². The molecule has 0 bridgehead atoms. The lowest BCUT2D eigenvalue weighted by Crippen LogP contribution is -1.14. The van der Waals surface area contributed by atoms with Gasteiger partial charge in [0.2, 0.25) is 0 Å². The van der Waals surface area contributed by atoms with Crippen LogP contribution in [0.15, 0.2) is 0 Å². The van der Waals surface area contributed by atoms with Gasteiger partial charge in [-0.1, -0.05) is 0 Å². The molecule has 0 amide bonds. The minimum absolute atomic E-state index is 2.00. The van der Waals surface area contributed by atoms with Gasteiger partial charge in [0.25, 0.3) is 0 Å². The zero-order valence-electron chi connectivity index (χ0n) is 1.79. The Kier molecular flexibility index (Phi) is 0.00362. The van der Waals surface area contributed by atoms with Crippen LogP contribution in [0.25, 0.3) is 0 Å². The first-order valence-corrected chi connectivity index (χ1v) is 1.20. The molecule has 0 unspecified atom stereocenters. The zero-order chi connectivity index (χ0) is 2.31. The van der Waals surface area contributed by atoms with E-state index in [4.69, 9.17) is 0 Å². The Morgan fingerprint density at radius 2 is 0.750 bits per heavy atom. The van der Waals surface area contributed by atoms with Gasteiger partial charge in [0, 0.05) is 19.0 Å². The van der Waals surface area contributed by atoms with E-state index in [1.807, 2.05) is 19.0 Å². The Morgan fingerprint density at radius 1 is 0.500 bits per heavy atom. The second-order valence-electron chi connectivity index (χ2n) is 1.07. The average molecular weight is 56.0 g/mol. The lowest BCUT2D eigenvalue weighted by molar-refractivity contribution is 1.39. The van der Waals surface area contributed by atoms with Gasteiger partial charge in [-0.2, -0.15) is 0 Å². The Labute approximate surface area is 20.3 Å². The van der Waals surface area contributed by atoms with Crippen LogP contribution >= 0.6 is 0 Å². The Balaban J connectivity index is 4.50. The van der Waals surface area contributed by atoms with Crippen molar-refractivity contribution < 1.29 is 0 Å². The summed E-state index contributed by atoms with van der Waals surface area (Å²) in [7, 11) is 0. The van der Waals surface area contributed by atoms with Crippen molar-refractivity contribution in [3.63, 3.8) is 0 Å². The monoisotopic (exact) mass is 56.0 g/mol. The summed E-state index contributed by atoms with van der Waals surface area (Å²) >= 11 is 0. The van der Waals surface area contributed by atoms with Gasteiger partial charge < -0.3 is 0 Å². The van der Waals surface area contributed by atoms with Crippen LogP contribution in [0.1, 0.15) is 0 Å². The highest BCUT2D eigenvalue weighted by Gasteiger charge is 2.45. The molecule has 4 heavy (non-hydrogen) atoms. The molecule has 0 aliphatic carbocycles. The van der Waals surface area contributed by atoms with Gasteiger partial charge in [-0.25, -0.2) is 0 Å². The first-order chi connectivity index (χ1) is 2.00. The maximum absolute atomic E-state index is 2.00. The predicted molar refractivity (Wildman–Crippen MR) is 8.81 cm³/mol. The lowest BCUT2D eigenvalue weighted by atomic mass is 13.2. The van der Waals surface area contributed by atoms with Crippen LogP contribution in [0, 0.1) is 0 Å². The number of hydrogen-bond donors (Lipinski definition) is 0. The molecule has 0 fully saturated rings. The molecule has 4 heteroatoms. The molecule has 4 aromatic heterocycles. The van der Waals surface area contributed by atoms with E-state index in [-0.39, 0.29) is 0 Å². The minimum Gasteiger partial charge on any atom is 0 e. The van der Waals surface area contributed by atoms with Gasteiger partial charge in [0.15, 0.2) is 0 Å². The molecule has 4 heterocycles. The average Bonchev–Trinajstić information content (AvgIpc) is 1.71. The maximum Gasteiger partial charge on any atom is 0 e. The third kappa shape index (κ3) is 0.000208. The van der Waals surface area contributed by atoms with Crippen molar-refractivity contribution in [1.29, 1.82) is 0 Å². The molecule has 4 rings (SSSR count). The largest absolute Gasteiger partial charge is 0 e. The maximum atomic E-state index is 2.00. The normalized spacial score (nSPS) is 18.0. The molecular formula is N4. The highest BCUT2D eigenvalue weighted by atomic mass is 16.5. The lowest BCUT2D eigenvalue weighted by Gasteiger charge is -0.816. The molecule has 0 aliphatic rings. The summed E-state index contributed by atoms with van der Waals surface area (Å²) in [5.41, 5.74) is 0. The van der Waals surface area contributed by atoms with E-state index in [0.717, 1.165) is 0 Å². The van der Waals surface area contributed by atoms with Gasteiger partial charge in [0.1, 0.15) is 0 Å². The summed E-state index contributed by atoms with van der Waals surface area (Å²) in [6.45, 7) is 0. The molecule has 0 atom stereocenters. The van der Waals surface area contributed by atoms with Gasteiger partial charge >= 0.3 is 0 Å². The van der Waals surface area contributed by atoms with Crippen LogP contribution in [0.3, 0.4) is 0 Å². The van der Waals surface area contributed by atoms with Crippen molar-refractivity contribution >= 4 is 0 Å². The molecule has 0 saturated carbocycles. The Hall–Kier alpha value is -0.800. The third-order valence-corrected chi connectivity index (χ3v) is 0.838. The smallest absolute Gasteiger partial charge is 0 e. The zero-order valence-corrected chi connectivity index (χ0v) is 1.79. The molecule has 0 radical (unpaired) electrons. The summed E-state index contributed by atoms with van der Waals surface area (Å²) in [6, 6.07) is 0. The van der Waals surface area contributed by atoms with Gasteiger partial charge in [-0.3, -0.25) is 0 Å². The first-order valence-electron chi connectivity index (χ1n) is 1.20. The summed E-state index contributed by atoms with van der Waals surface area (Å²) in [4.78, 5) is 0. The number of rotatable bonds is 0. The fourth-order valence-electron chi connectivity index (χ4n) is 0.335. The first kappa shape index (κ1) is 0.573. The molecule has 0 spiro atoms. The Morgan fingerprint density at radius 3 is 0.750 bits per heavy atom. The van der Waals surface area contributed by atoms with E-state index >= 15 is 0 Å². The topological polar surface area (TPSA) is 17.6 Å². The second-order valence-corrected chi connectivity index (χ2v) is 1.07. The van der Waals surface area contributed by atoms with Crippen LogP contribution in [-0.4, -0.2) is 19.0 Å². The molecule has 0 saturated heterocycles. The molecule has 0 aromatic carbocycles. The number of aromatic nitrogens is 4. The third-order valence-electron chi connectivity index (χ3n) is 0.838. The molecule has 0 N–H and O–H groups in total. The molecule has 4 aromatic rings. The van der Waals surface area contributed by atoms with Crippen LogP contribution in [0.5, 0.6) is 0 Å². The summed E-state index contributed by atoms with van der Waals surface area (Å²) in [5, 5.41) is 0. The van der Waals surface area contributed by atoms with E-state index in [9.17, 15) is 0 Å². The van der Waals surface area contributed by atoms with Gasteiger partial charge in [-0.15, -0.1) is 0 Å². The SMILES string of the molecule is n12n3n1n23. The number of nitrogens with zero attached hydrogens (tertiary/aromatic N) is 4. The summed E-state index contributed by atoms with van der Waals surface area (Å²) in [5.74, 6) is 0. The standard InChI is InChI=1S/N4/c1-2-3(1)4(1)2. The van der Waals surface area contributed by atoms with Gasteiger partial charge in [-0.05, 0) is 0 Å². The summed E-state index contributed by atoms with van der Waals surface area (Å²) in [6.07, 6.45) is 0. The van der Waals surface area contributed by atoms with Crippen LogP contribution in [0.2, 0.25) is 0 Å². The van der Waals surface area contributed by atoms with Crippen LogP contribution in [0.4, 0.5) is 0 Å². The number of hydrogen-bond acceptors (Lipinski definition) is 0. The quantitative estimate of drug-likeness (QED) is 0.305. The fraction of sp³-hybridized carbons (Fsp3) is 0. The van der Waals surface area contributed by atoms with E-state index in [1.54, 1.807) is 0 Å². The van der Waals surface area contributed by atoms with E-state index in [2.05, 4.69) is 0 Å². The van der Waals surface area contributed by atoms with E-state index in [0.29, 0.717) is 0 Å². The van der Waals surface area contributed by atoms with Crippen molar-refractivity contribution in [3.05, 3.63) is 0 Å². The van der Waals surface area contributed by atoms with Crippen LogP contribution in [-0.2, 0) is 0 Å². The predicted octanol–water partition coefficient (Wildman–Crippen LogP) is -1.30. The molecular weight excluding hydrogens is 56.0 g/mol. The van der Waals surface area contributed by atoms with Crippen molar-refractivity contribution in [1.82, 2.24) is 19.0 Å². The van der Waals surface area contributed by atoms with E-state index < -0.39 is 0 Å². The van der Waals surface area contributed by atoms with Crippen molar-refractivity contribution in [3.8, 4) is 0 Å². The van der Waals surface area contributed by atoms with Crippen molar-refractivity contribution in [2.75, 3.05) is 0 Å². The fourth-order valence-corrected chi connectivity index (χ4v) is 0.335. The van der Waals surface area contributed by atoms with E-state index in [1.165, 1.54) is 0 Å².